The highest BCUT2D eigenvalue weighted by molar-refractivity contribution is 14.0. The molecular formula is C19H29IN4O2S2. The summed E-state index contributed by atoms with van der Waals surface area (Å²) in [5, 5.41) is 8.63. The van der Waals surface area contributed by atoms with Gasteiger partial charge in [-0.25, -0.2) is 13.1 Å². The SMILES string of the molecule is CN=C(NCc1ccccc1CS(=O)(=O)NC(C)C)NCc1sccc1C.I. The lowest BCUT2D eigenvalue weighted by molar-refractivity contribution is 0.568. The summed E-state index contributed by atoms with van der Waals surface area (Å²) in [6, 6.07) is 9.53. The van der Waals surface area contributed by atoms with E-state index in [4.69, 9.17) is 0 Å². The Balaban J connectivity index is 0.00000392. The lowest BCUT2D eigenvalue weighted by Gasteiger charge is -2.15. The Morgan fingerprint density at radius 1 is 1.11 bits per heavy atom. The molecule has 3 N–H and O–H groups in total. The van der Waals surface area contributed by atoms with E-state index in [2.05, 4.69) is 38.7 Å². The average Bonchev–Trinajstić information content (AvgIpc) is 3.00. The van der Waals surface area contributed by atoms with E-state index in [9.17, 15) is 8.42 Å². The number of aliphatic imine (C=N–C) groups is 1. The molecule has 2 aromatic rings. The third kappa shape index (κ3) is 8.06. The van der Waals surface area contributed by atoms with Gasteiger partial charge in [-0.15, -0.1) is 35.3 Å². The predicted octanol–water partition coefficient (Wildman–Crippen LogP) is 3.37. The van der Waals surface area contributed by atoms with Gasteiger partial charge in [-0.3, -0.25) is 4.99 Å². The molecule has 0 atom stereocenters. The molecule has 0 aliphatic heterocycles. The minimum atomic E-state index is -3.37. The van der Waals surface area contributed by atoms with Crippen molar-refractivity contribution < 1.29 is 8.42 Å². The van der Waals surface area contributed by atoms with Crippen molar-refractivity contribution in [3.05, 3.63) is 57.3 Å². The highest BCUT2D eigenvalue weighted by Gasteiger charge is 2.15. The van der Waals surface area contributed by atoms with E-state index in [-0.39, 0.29) is 35.8 Å². The van der Waals surface area contributed by atoms with E-state index in [1.54, 1.807) is 18.4 Å². The Hall–Kier alpha value is -1.17. The Morgan fingerprint density at radius 2 is 1.75 bits per heavy atom. The van der Waals surface area contributed by atoms with Crippen LogP contribution < -0.4 is 15.4 Å². The third-order valence-corrected chi connectivity index (χ3v) is 6.48. The fourth-order valence-corrected chi connectivity index (χ4v) is 4.96. The molecular weight excluding hydrogens is 507 g/mol. The van der Waals surface area contributed by atoms with E-state index in [0.29, 0.717) is 19.0 Å². The summed E-state index contributed by atoms with van der Waals surface area (Å²) in [6.07, 6.45) is 0. The monoisotopic (exact) mass is 536 g/mol. The minimum absolute atomic E-state index is 0. The number of rotatable bonds is 8. The molecule has 0 radical (unpaired) electrons. The quantitative estimate of drug-likeness (QED) is 0.275. The van der Waals surface area contributed by atoms with E-state index in [1.165, 1.54) is 10.4 Å². The second kappa shape index (κ2) is 11.7. The Kier molecular flexibility index (Phi) is 10.4. The van der Waals surface area contributed by atoms with Crippen molar-refractivity contribution in [2.24, 2.45) is 4.99 Å². The molecule has 156 valence electrons. The fraction of sp³-hybridized carbons (Fsp3) is 0.421. The number of nitrogens with one attached hydrogen (secondary N) is 3. The summed E-state index contributed by atoms with van der Waals surface area (Å²) in [6.45, 7) is 6.92. The lowest BCUT2D eigenvalue weighted by atomic mass is 10.1. The molecule has 0 amide bonds. The molecule has 6 nitrogen and oxygen atoms in total. The van der Waals surface area contributed by atoms with Crippen molar-refractivity contribution in [3.63, 3.8) is 0 Å². The van der Waals surface area contributed by atoms with Gasteiger partial charge < -0.3 is 10.6 Å². The average molecular weight is 537 g/mol. The summed E-state index contributed by atoms with van der Waals surface area (Å²) in [5.41, 5.74) is 2.97. The molecule has 28 heavy (non-hydrogen) atoms. The first-order valence-corrected chi connectivity index (χ1v) is 11.4. The molecule has 9 heteroatoms. The molecule has 1 aromatic carbocycles. The Morgan fingerprint density at radius 3 is 2.32 bits per heavy atom. The highest BCUT2D eigenvalue weighted by Crippen LogP contribution is 2.15. The number of halogens is 1. The standard InChI is InChI=1S/C19H28N4O2S2.HI/c1-14(2)23-27(24,25)13-17-8-6-5-7-16(17)11-21-19(20-4)22-12-18-15(3)9-10-26-18;/h5-10,14,23H,11-13H2,1-4H3,(H2,20,21,22);1H. The van der Waals surface area contributed by atoms with Crippen LogP contribution in [0.4, 0.5) is 0 Å². The second-order valence-electron chi connectivity index (χ2n) is 6.61. The topological polar surface area (TPSA) is 82.6 Å². The van der Waals surface area contributed by atoms with Crippen LogP contribution in [0.5, 0.6) is 0 Å². The van der Waals surface area contributed by atoms with E-state index in [1.807, 2.05) is 38.1 Å². The molecule has 0 saturated heterocycles. The molecule has 0 aliphatic rings. The van der Waals surface area contributed by atoms with Crippen LogP contribution in [0.25, 0.3) is 0 Å². The zero-order valence-electron chi connectivity index (χ0n) is 16.7. The predicted molar refractivity (Wildman–Crippen MR) is 129 cm³/mol. The van der Waals surface area contributed by atoms with Crippen molar-refractivity contribution in [3.8, 4) is 0 Å². The first-order valence-electron chi connectivity index (χ1n) is 8.85. The normalized spacial score (nSPS) is 12.0. The van der Waals surface area contributed by atoms with Crippen molar-refractivity contribution >= 4 is 51.3 Å². The summed E-state index contributed by atoms with van der Waals surface area (Å²) in [4.78, 5) is 5.51. The molecule has 1 heterocycles. The van der Waals surface area contributed by atoms with E-state index < -0.39 is 10.0 Å². The van der Waals surface area contributed by atoms with Gasteiger partial charge in [0.25, 0.3) is 0 Å². The minimum Gasteiger partial charge on any atom is -0.352 e. The molecule has 0 bridgehead atoms. The van der Waals surface area contributed by atoms with Crippen LogP contribution in [-0.2, 0) is 28.9 Å². The van der Waals surface area contributed by atoms with Crippen LogP contribution >= 0.6 is 35.3 Å². The summed E-state index contributed by atoms with van der Waals surface area (Å²) >= 11 is 1.71. The highest BCUT2D eigenvalue weighted by atomic mass is 127. The number of hydrogen-bond donors (Lipinski definition) is 3. The van der Waals surface area contributed by atoms with Crippen LogP contribution in [0.2, 0.25) is 0 Å². The van der Waals surface area contributed by atoms with Gasteiger partial charge in [-0.05, 0) is 48.9 Å². The summed E-state index contributed by atoms with van der Waals surface area (Å²) in [5.74, 6) is 0.643. The van der Waals surface area contributed by atoms with Crippen LogP contribution in [0.15, 0.2) is 40.7 Å². The maximum absolute atomic E-state index is 12.3. The number of aryl methyl sites for hydroxylation is 1. The van der Waals surface area contributed by atoms with Gasteiger partial charge in [-0.1, -0.05) is 24.3 Å². The Bertz CT molecular complexity index is 880. The number of sulfonamides is 1. The van der Waals surface area contributed by atoms with Gasteiger partial charge in [0.2, 0.25) is 10.0 Å². The second-order valence-corrected chi connectivity index (χ2v) is 9.36. The largest absolute Gasteiger partial charge is 0.352 e. The lowest BCUT2D eigenvalue weighted by Crippen LogP contribution is -2.36. The van der Waals surface area contributed by atoms with Crippen molar-refractivity contribution in [1.29, 1.82) is 0 Å². The smallest absolute Gasteiger partial charge is 0.216 e. The van der Waals surface area contributed by atoms with Gasteiger partial charge >= 0.3 is 0 Å². The molecule has 0 spiro atoms. The van der Waals surface area contributed by atoms with Gasteiger partial charge in [0, 0.05) is 24.5 Å². The molecule has 2 rings (SSSR count). The summed E-state index contributed by atoms with van der Waals surface area (Å²) < 4.78 is 27.1. The van der Waals surface area contributed by atoms with Gasteiger partial charge in [0.15, 0.2) is 5.96 Å². The summed E-state index contributed by atoms with van der Waals surface area (Å²) in [7, 11) is -1.65. The van der Waals surface area contributed by atoms with Crippen molar-refractivity contribution in [2.75, 3.05) is 7.05 Å². The van der Waals surface area contributed by atoms with E-state index >= 15 is 0 Å². The molecule has 0 unspecified atom stereocenters. The molecule has 0 aliphatic carbocycles. The van der Waals surface area contributed by atoms with Crippen LogP contribution in [0.1, 0.15) is 35.4 Å². The molecule has 0 saturated carbocycles. The van der Waals surface area contributed by atoms with Crippen molar-refractivity contribution in [2.45, 2.75) is 45.7 Å². The van der Waals surface area contributed by atoms with Gasteiger partial charge in [-0.2, -0.15) is 0 Å². The molecule has 0 fully saturated rings. The van der Waals surface area contributed by atoms with Gasteiger partial charge in [0.05, 0.1) is 12.3 Å². The number of benzene rings is 1. The first kappa shape index (κ1) is 24.9. The van der Waals surface area contributed by atoms with Gasteiger partial charge in [0.1, 0.15) is 0 Å². The maximum Gasteiger partial charge on any atom is 0.216 e. The zero-order chi connectivity index (χ0) is 19.9. The van der Waals surface area contributed by atoms with Crippen LogP contribution in [0, 0.1) is 6.92 Å². The first-order chi connectivity index (χ1) is 12.8. The number of thiophene rings is 1. The molecule has 1 aromatic heterocycles. The number of nitrogens with zero attached hydrogens (tertiary/aromatic N) is 1. The van der Waals surface area contributed by atoms with Crippen LogP contribution in [0.3, 0.4) is 0 Å². The van der Waals surface area contributed by atoms with Crippen molar-refractivity contribution in [1.82, 2.24) is 15.4 Å². The number of hydrogen-bond acceptors (Lipinski definition) is 4. The van der Waals surface area contributed by atoms with Crippen LogP contribution in [-0.4, -0.2) is 27.5 Å². The third-order valence-electron chi connectivity index (χ3n) is 3.93. The zero-order valence-corrected chi connectivity index (χ0v) is 20.6. The van der Waals surface area contributed by atoms with E-state index in [0.717, 1.165) is 11.1 Å². The maximum atomic E-state index is 12.3. The fourth-order valence-electron chi connectivity index (χ4n) is 2.63. The Labute approximate surface area is 189 Å². The number of guanidine groups is 1.